The van der Waals surface area contributed by atoms with Crippen LogP contribution in [0.3, 0.4) is 0 Å². The van der Waals surface area contributed by atoms with Gasteiger partial charge in [-0.3, -0.25) is 4.79 Å². The second kappa shape index (κ2) is 6.77. The van der Waals surface area contributed by atoms with Crippen molar-refractivity contribution in [2.45, 2.75) is 11.3 Å². The van der Waals surface area contributed by atoms with Gasteiger partial charge in [-0.15, -0.1) is 11.8 Å². The Hall–Kier alpha value is -1.27. The topological polar surface area (TPSA) is 58.4 Å². The van der Waals surface area contributed by atoms with E-state index in [1.54, 1.807) is 6.07 Å². The maximum Gasteiger partial charge on any atom is 0.223 e. The van der Waals surface area contributed by atoms with Gasteiger partial charge in [-0.25, -0.2) is 4.39 Å². The average molecular weight is 283 g/mol. The zero-order valence-electron chi connectivity index (χ0n) is 10.7. The molecule has 0 atom stereocenters. The van der Waals surface area contributed by atoms with E-state index in [1.165, 1.54) is 23.9 Å². The van der Waals surface area contributed by atoms with Crippen molar-refractivity contribution in [3.8, 4) is 0 Å². The minimum atomic E-state index is -0.337. The largest absolute Gasteiger partial charge is 0.399 e. The summed E-state index contributed by atoms with van der Waals surface area (Å²) in [7, 11) is 0. The van der Waals surface area contributed by atoms with Gasteiger partial charge in [-0.05, 0) is 18.2 Å². The van der Waals surface area contributed by atoms with Crippen LogP contribution in [0.25, 0.3) is 0 Å². The highest BCUT2D eigenvalue weighted by molar-refractivity contribution is 7.99. The van der Waals surface area contributed by atoms with Crippen LogP contribution in [0.5, 0.6) is 0 Å². The number of piperazine rings is 1. The molecule has 0 spiro atoms. The van der Waals surface area contributed by atoms with E-state index in [4.69, 9.17) is 5.73 Å². The van der Waals surface area contributed by atoms with E-state index in [0.717, 1.165) is 31.1 Å². The molecule has 1 aromatic rings. The van der Waals surface area contributed by atoms with Crippen LogP contribution in [0.2, 0.25) is 0 Å². The molecule has 19 heavy (non-hydrogen) atoms. The second-order valence-corrected chi connectivity index (χ2v) is 5.62. The summed E-state index contributed by atoms with van der Waals surface area (Å²) >= 11 is 1.46. The third-order valence-corrected chi connectivity index (χ3v) is 3.93. The van der Waals surface area contributed by atoms with Crippen LogP contribution in [-0.2, 0) is 4.79 Å². The molecule has 0 saturated carbocycles. The van der Waals surface area contributed by atoms with Gasteiger partial charge in [0.05, 0.1) is 0 Å². The first-order valence-corrected chi connectivity index (χ1v) is 7.31. The van der Waals surface area contributed by atoms with Crippen LogP contribution >= 0.6 is 11.8 Å². The number of nitrogens with zero attached hydrogens (tertiary/aromatic N) is 1. The van der Waals surface area contributed by atoms with E-state index in [-0.39, 0.29) is 11.7 Å². The number of carbonyl (C=O) groups excluding carboxylic acids is 1. The molecule has 1 aromatic carbocycles. The summed E-state index contributed by atoms with van der Waals surface area (Å²) in [5.41, 5.74) is 5.99. The molecule has 0 radical (unpaired) electrons. The predicted octanol–water partition coefficient (Wildman–Crippen LogP) is 1.32. The summed E-state index contributed by atoms with van der Waals surface area (Å²) in [5, 5.41) is 3.21. The maximum atomic E-state index is 13.1. The standard InChI is InChI=1S/C13H18FN3OS/c14-10-7-11(15)9-12(8-10)19-6-1-13(18)17-4-2-16-3-5-17/h7-9,16H,1-6,15H2. The molecule has 104 valence electrons. The number of thioether (sulfide) groups is 1. The van der Waals surface area contributed by atoms with Gasteiger partial charge < -0.3 is 16.0 Å². The molecule has 4 nitrogen and oxygen atoms in total. The fourth-order valence-electron chi connectivity index (χ4n) is 2.00. The van der Waals surface area contributed by atoms with Gasteiger partial charge >= 0.3 is 0 Å². The molecule has 0 unspecified atom stereocenters. The molecule has 0 aliphatic carbocycles. The number of nitrogens with one attached hydrogen (secondary N) is 1. The van der Waals surface area contributed by atoms with Gasteiger partial charge in [0.15, 0.2) is 0 Å². The highest BCUT2D eigenvalue weighted by Gasteiger charge is 2.15. The molecule has 0 aromatic heterocycles. The van der Waals surface area contributed by atoms with Gasteiger partial charge in [0.1, 0.15) is 5.82 Å². The average Bonchev–Trinajstić information content (AvgIpc) is 2.38. The first-order chi connectivity index (χ1) is 9.15. The van der Waals surface area contributed by atoms with Gasteiger partial charge in [-0.2, -0.15) is 0 Å². The number of hydrogen-bond donors (Lipinski definition) is 2. The Labute approximate surface area is 116 Å². The number of hydrogen-bond acceptors (Lipinski definition) is 4. The molecule has 1 aliphatic rings. The van der Waals surface area contributed by atoms with Crippen LogP contribution in [0.4, 0.5) is 10.1 Å². The molecular formula is C13H18FN3OS. The molecule has 3 N–H and O–H groups in total. The molecule has 2 rings (SSSR count). The smallest absolute Gasteiger partial charge is 0.223 e. The predicted molar refractivity (Wildman–Crippen MR) is 75.6 cm³/mol. The van der Waals surface area contributed by atoms with Crippen LogP contribution in [0.1, 0.15) is 6.42 Å². The Morgan fingerprint density at radius 1 is 1.37 bits per heavy atom. The van der Waals surface area contributed by atoms with Crippen molar-refractivity contribution in [3.63, 3.8) is 0 Å². The fourth-order valence-corrected chi connectivity index (χ4v) is 2.92. The van der Waals surface area contributed by atoms with Gasteiger partial charge in [0.2, 0.25) is 5.91 Å². The van der Waals surface area contributed by atoms with Crippen molar-refractivity contribution in [1.29, 1.82) is 0 Å². The summed E-state index contributed by atoms with van der Waals surface area (Å²) < 4.78 is 13.1. The number of benzene rings is 1. The molecule has 1 saturated heterocycles. The number of nitrogen functional groups attached to an aromatic ring is 1. The Bertz CT molecular complexity index is 429. The Balaban J connectivity index is 1.77. The lowest BCUT2D eigenvalue weighted by Crippen LogP contribution is -2.46. The lowest BCUT2D eigenvalue weighted by Gasteiger charge is -2.27. The second-order valence-electron chi connectivity index (χ2n) is 4.45. The maximum absolute atomic E-state index is 13.1. The van der Waals surface area contributed by atoms with Crippen molar-refractivity contribution in [2.24, 2.45) is 0 Å². The number of nitrogens with two attached hydrogens (primary N) is 1. The highest BCUT2D eigenvalue weighted by Crippen LogP contribution is 2.22. The molecule has 1 amide bonds. The van der Waals surface area contributed by atoms with Crippen molar-refractivity contribution in [2.75, 3.05) is 37.7 Å². The van der Waals surface area contributed by atoms with Crippen LogP contribution in [-0.4, -0.2) is 42.7 Å². The Kier molecular flexibility index (Phi) is 5.04. The first kappa shape index (κ1) is 14.1. The SMILES string of the molecule is Nc1cc(F)cc(SCCC(=O)N2CCNCC2)c1. The summed E-state index contributed by atoms with van der Waals surface area (Å²) in [4.78, 5) is 14.5. The molecular weight excluding hydrogens is 265 g/mol. The minimum Gasteiger partial charge on any atom is -0.399 e. The van der Waals surface area contributed by atoms with Crippen LogP contribution in [0, 0.1) is 5.82 Å². The van der Waals surface area contributed by atoms with E-state index >= 15 is 0 Å². The Morgan fingerprint density at radius 3 is 2.79 bits per heavy atom. The zero-order chi connectivity index (χ0) is 13.7. The molecule has 0 bridgehead atoms. The Morgan fingerprint density at radius 2 is 2.11 bits per heavy atom. The van der Waals surface area contributed by atoms with Crippen molar-refractivity contribution in [1.82, 2.24) is 10.2 Å². The van der Waals surface area contributed by atoms with E-state index < -0.39 is 0 Å². The summed E-state index contributed by atoms with van der Waals surface area (Å²) in [5.74, 6) is 0.473. The van der Waals surface area contributed by atoms with Crippen LogP contribution in [0.15, 0.2) is 23.1 Å². The number of carbonyl (C=O) groups is 1. The number of halogens is 1. The normalized spacial score (nSPS) is 15.5. The lowest BCUT2D eigenvalue weighted by molar-refractivity contribution is -0.131. The molecule has 1 fully saturated rings. The monoisotopic (exact) mass is 283 g/mol. The van der Waals surface area contributed by atoms with Crippen LogP contribution < -0.4 is 11.1 Å². The van der Waals surface area contributed by atoms with E-state index in [2.05, 4.69) is 5.32 Å². The molecule has 1 aliphatic heterocycles. The van der Waals surface area contributed by atoms with Gasteiger partial charge in [0, 0.05) is 48.9 Å². The number of anilines is 1. The fraction of sp³-hybridized carbons (Fsp3) is 0.462. The van der Waals surface area contributed by atoms with Gasteiger partial charge in [-0.1, -0.05) is 0 Å². The van der Waals surface area contributed by atoms with E-state index in [0.29, 0.717) is 17.9 Å². The van der Waals surface area contributed by atoms with Crippen molar-refractivity contribution >= 4 is 23.4 Å². The van der Waals surface area contributed by atoms with E-state index in [1.807, 2.05) is 4.90 Å². The first-order valence-electron chi connectivity index (χ1n) is 6.32. The molecule has 1 heterocycles. The quantitative estimate of drug-likeness (QED) is 0.646. The highest BCUT2D eigenvalue weighted by atomic mass is 32.2. The van der Waals surface area contributed by atoms with Crippen molar-refractivity contribution < 1.29 is 9.18 Å². The van der Waals surface area contributed by atoms with E-state index in [9.17, 15) is 9.18 Å². The molecule has 6 heteroatoms. The van der Waals surface area contributed by atoms with Gasteiger partial charge in [0.25, 0.3) is 0 Å². The lowest BCUT2D eigenvalue weighted by atomic mass is 10.3. The minimum absolute atomic E-state index is 0.165. The summed E-state index contributed by atoms with van der Waals surface area (Å²) in [6, 6.07) is 4.45. The number of amides is 1. The number of rotatable bonds is 4. The third kappa shape index (κ3) is 4.40. The van der Waals surface area contributed by atoms with Crippen molar-refractivity contribution in [3.05, 3.63) is 24.0 Å². The third-order valence-electron chi connectivity index (χ3n) is 2.95. The summed E-state index contributed by atoms with van der Waals surface area (Å²) in [6.07, 6.45) is 0.473. The summed E-state index contributed by atoms with van der Waals surface area (Å²) in [6.45, 7) is 3.27. The zero-order valence-corrected chi connectivity index (χ0v) is 11.5.